The molecule has 274 valence electrons. The van der Waals surface area contributed by atoms with Crippen molar-refractivity contribution in [1.29, 1.82) is 0 Å². The van der Waals surface area contributed by atoms with Crippen molar-refractivity contribution in [1.82, 2.24) is 15.0 Å². The summed E-state index contributed by atoms with van der Waals surface area (Å²) in [7, 11) is 0. The Kier molecular flexibility index (Phi) is 7.63. The molecule has 1 unspecified atom stereocenters. The van der Waals surface area contributed by atoms with E-state index in [0.29, 0.717) is 23.4 Å². The summed E-state index contributed by atoms with van der Waals surface area (Å²) in [5.41, 5.74) is 12.3. The second-order valence-electron chi connectivity index (χ2n) is 15.4. The predicted octanol–water partition coefficient (Wildman–Crippen LogP) is 14.1. The van der Waals surface area contributed by atoms with Gasteiger partial charge in [0.25, 0.3) is 0 Å². The van der Waals surface area contributed by atoms with Crippen LogP contribution in [0.2, 0.25) is 0 Å². The lowest BCUT2D eigenvalue weighted by molar-refractivity contribution is 0.669. The highest BCUT2D eigenvalue weighted by Gasteiger charge is 2.21. The fourth-order valence-corrected chi connectivity index (χ4v) is 10.3. The third-order valence-corrected chi connectivity index (χ3v) is 13.1. The monoisotopic (exact) mass is 761 g/mol. The fourth-order valence-electron chi connectivity index (χ4n) is 9.05. The molecule has 0 radical (unpaired) electrons. The van der Waals surface area contributed by atoms with E-state index in [9.17, 15) is 0 Å². The van der Waals surface area contributed by atoms with Gasteiger partial charge >= 0.3 is 0 Å². The zero-order valence-corrected chi connectivity index (χ0v) is 32.3. The van der Waals surface area contributed by atoms with Crippen molar-refractivity contribution in [2.75, 3.05) is 0 Å². The van der Waals surface area contributed by atoms with E-state index < -0.39 is 0 Å². The summed E-state index contributed by atoms with van der Waals surface area (Å²) in [6.45, 7) is 0. The molecule has 0 amide bonds. The molecular formula is C53H35N3OS. The van der Waals surface area contributed by atoms with Crippen LogP contribution < -0.4 is 0 Å². The van der Waals surface area contributed by atoms with Gasteiger partial charge in [0.15, 0.2) is 17.5 Å². The number of allylic oxidation sites excluding steroid dienone is 2. The zero-order valence-electron chi connectivity index (χ0n) is 31.5. The Labute approximate surface area is 339 Å². The minimum atomic E-state index is 0.319. The molecule has 0 N–H and O–H groups in total. The summed E-state index contributed by atoms with van der Waals surface area (Å²) in [5, 5.41) is 5.73. The van der Waals surface area contributed by atoms with E-state index in [1.54, 1.807) is 0 Å². The van der Waals surface area contributed by atoms with Gasteiger partial charge in [0.05, 0.1) is 0 Å². The molecule has 0 bridgehead atoms. The van der Waals surface area contributed by atoms with E-state index in [1.807, 2.05) is 23.5 Å². The van der Waals surface area contributed by atoms with Crippen LogP contribution in [0.3, 0.4) is 0 Å². The van der Waals surface area contributed by atoms with Crippen molar-refractivity contribution in [3.8, 4) is 45.3 Å². The van der Waals surface area contributed by atoms with Crippen LogP contribution >= 0.6 is 11.3 Å². The Morgan fingerprint density at radius 2 is 1.34 bits per heavy atom. The molecule has 0 saturated heterocycles. The molecule has 0 saturated carbocycles. The van der Waals surface area contributed by atoms with Gasteiger partial charge in [-0.15, -0.1) is 11.3 Å². The van der Waals surface area contributed by atoms with Gasteiger partial charge < -0.3 is 4.42 Å². The van der Waals surface area contributed by atoms with Crippen LogP contribution in [0.15, 0.2) is 162 Å². The van der Waals surface area contributed by atoms with Gasteiger partial charge in [0.1, 0.15) is 11.2 Å². The van der Waals surface area contributed by atoms with Crippen LogP contribution in [0.25, 0.3) is 100 Å². The Bertz CT molecular complexity index is 3330. The number of furan rings is 1. The number of thiophene rings is 1. The molecule has 7 aromatic carbocycles. The lowest BCUT2D eigenvalue weighted by Gasteiger charge is -2.20. The van der Waals surface area contributed by atoms with Crippen molar-refractivity contribution >= 4 is 66.3 Å². The van der Waals surface area contributed by atoms with E-state index in [0.717, 1.165) is 68.8 Å². The normalized spacial score (nSPS) is 14.7. The SMILES string of the molecule is C1=Cc2sc3cccc(-c4ccc5c(c4)oc4cccc(-c6nc(-c7ccc(C8C=Cc9ccccc9C8)cc7)nc(-c7ccc8ccccc8c7)n6)c45)c3c2CC1. The Hall–Kier alpha value is -6.95. The lowest BCUT2D eigenvalue weighted by Crippen LogP contribution is -2.05. The van der Waals surface area contributed by atoms with Gasteiger partial charge in [-0.2, -0.15) is 0 Å². The van der Waals surface area contributed by atoms with Crippen molar-refractivity contribution in [2.45, 2.75) is 25.2 Å². The smallest absolute Gasteiger partial charge is 0.164 e. The zero-order chi connectivity index (χ0) is 38.2. The summed E-state index contributed by atoms with van der Waals surface area (Å²) >= 11 is 1.89. The second-order valence-corrected chi connectivity index (χ2v) is 16.5. The van der Waals surface area contributed by atoms with Crippen LogP contribution in [-0.2, 0) is 12.8 Å². The number of benzene rings is 7. The molecule has 5 heteroatoms. The molecule has 0 fully saturated rings. The maximum Gasteiger partial charge on any atom is 0.164 e. The minimum Gasteiger partial charge on any atom is -0.456 e. The molecule has 10 aromatic rings. The van der Waals surface area contributed by atoms with E-state index in [4.69, 9.17) is 19.4 Å². The molecule has 3 aromatic heterocycles. The number of aryl methyl sites for hydroxylation is 1. The number of hydrogen-bond acceptors (Lipinski definition) is 5. The molecular weight excluding hydrogens is 727 g/mol. The predicted molar refractivity (Wildman–Crippen MR) is 241 cm³/mol. The molecule has 4 nitrogen and oxygen atoms in total. The largest absolute Gasteiger partial charge is 0.456 e. The standard InChI is InChI=1S/C53H35N3OS/c1-3-11-36-29-38(25-21-32(36)9-1)34-19-23-35(24-20-34)51-54-52(40-26-22-33-10-2-4-12-37(33)30-40)56-53(55-51)44-15-7-16-45-49(44)42-28-27-39(31-46(42)57-45)41-14-8-18-48-50(41)43-13-5-6-17-47(43)58-48/h1-4,6-12,14-28,30-31,38H,5,13,29H2. The van der Waals surface area contributed by atoms with Gasteiger partial charge in [-0.1, -0.05) is 133 Å². The third-order valence-electron chi connectivity index (χ3n) is 12.0. The van der Waals surface area contributed by atoms with E-state index >= 15 is 0 Å². The number of rotatable bonds is 5. The quantitative estimate of drug-likeness (QED) is 0.175. The summed E-state index contributed by atoms with van der Waals surface area (Å²) in [5.74, 6) is 2.21. The van der Waals surface area contributed by atoms with Gasteiger partial charge in [0.2, 0.25) is 0 Å². The van der Waals surface area contributed by atoms with Crippen molar-refractivity contribution < 1.29 is 4.42 Å². The third kappa shape index (κ3) is 5.53. The molecule has 1 atom stereocenters. The molecule has 2 aliphatic carbocycles. The van der Waals surface area contributed by atoms with E-state index in [1.165, 1.54) is 48.2 Å². The highest BCUT2D eigenvalue weighted by atomic mass is 32.1. The van der Waals surface area contributed by atoms with Crippen LogP contribution in [0.4, 0.5) is 0 Å². The van der Waals surface area contributed by atoms with Gasteiger partial charge in [-0.05, 0) is 99.8 Å². The summed E-state index contributed by atoms with van der Waals surface area (Å²) in [6, 6.07) is 51.8. The molecule has 0 aliphatic heterocycles. The Balaban J connectivity index is 0.985. The first-order valence-corrected chi connectivity index (χ1v) is 20.8. The molecule has 3 heterocycles. The first-order valence-electron chi connectivity index (χ1n) is 20.0. The fraction of sp³-hybridized carbons (Fsp3) is 0.0755. The highest BCUT2D eigenvalue weighted by Crippen LogP contribution is 2.43. The van der Waals surface area contributed by atoms with Crippen LogP contribution in [-0.4, -0.2) is 15.0 Å². The van der Waals surface area contributed by atoms with Crippen molar-refractivity contribution in [3.05, 3.63) is 185 Å². The molecule has 12 rings (SSSR count). The summed E-state index contributed by atoms with van der Waals surface area (Å²) in [6.07, 6.45) is 12.3. The first-order chi connectivity index (χ1) is 28.7. The Morgan fingerprint density at radius 1 is 0.569 bits per heavy atom. The average molecular weight is 762 g/mol. The second kappa shape index (κ2) is 13.3. The first kappa shape index (κ1) is 33.2. The topological polar surface area (TPSA) is 51.8 Å². The maximum absolute atomic E-state index is 6.67. The minimum absolute atomic E-state index is 0.319. The Morgan fingerprint density at radius 3 is 2.28 bits per heavy atom. The highest BCUT2D eigenvalue weighted by molar-refractivity contribution is 7.20. The van der Waals surface area contributed by atoms with Gasteiger partial charge in [0, 0.05) is 48.3 Å². The maximum atomic E-state index is 6.67. The van der Waals surface area contributed by atoms with Crippen LogP contribution in [0, 0.1) is 0 Å². The van der Waals surface area contributed by atoms with Crippen LogP contribution in [0.5, 0.6) is 0 Å². The number of aromatic nitrogens is 3. The van der Waals surface area contributed by atoms with Gasteiger partial charge in [-0.25, -0.2) is 15.0 Å². The van der Waals surface area contributed by atoms with Crippen molar-refractivity contribution in [2.24, 2.45) is 0 Å². The van der Waals surface area contributed by atoms with Crippen molar-refractivity contribution in [3.63, 3.8) is 0 Å². The molecule has 0 spiro atoms. The van der Waals surface area contributed by atoms with Gasteiger partial charge in [-0.3, -0.25) is 0 Å². The number of fused-ring (bicyclic) bond motifs is 8. The summed E-state index contributed by atoms with van der Waals surface area (Å²) in [4.78, 5) is 17.0. The van der Waals surface area contributed by atoms with Crippen LogP contribution in [0.1, 0.15) is 39.5 Å². The molecule has 2 aliphatic rings. The summed E-state index contributed by atoms with van der Waals surface area (Å²) < 4.78 is 8.00. The van der Waals surface area contributed by atoms with E-state index in [-0.39, 0.29) is 0 Å². The number of hydrogen-bond donors (Lipinski definition) is 0. The lowest BCUT2D eigenvalue weighted by atomic mass is 9.85. The molecule has 58 heavy (non-hydrogen) atoms. The van der Waals surface area contributed by atoms with E-state index in [2.05, 4.69) is 158 Å². The number of nitrogens with zero attached hydrogens (tertiary/aromatic N) is 3. The average Bonchev–Trinajstić information content (AvgIpc) is 3.87.